The molecule has 0 aromatic heterocycles. The quantitative estimate of drug-likeness (QED) is 0.587. The molecule has 0 unspecified atom stereocenters. The third kappa shape index (κ3) is 2.86. The van der Waals surface area contributed by atoms with Crippen molar-refractivity contribution in [3.63, 3.8) is 0 Å². The van der Waals surface area contributed by atoms with Crippen molar-refractivity contribution < 1.29 is 9.53 Å². The molecule has 1 saturated heterocycles. The Morgan fingerprint density at radius 3 is 2.76 bits per heavy atom. The van der Waals surface area contributed by atoms with Gasteiger partial charge >= 0.3 is 0 Å². The van der Waals surface area contributed by atoms with Gasteiger partial charge in [0.1, 0.15) is 11.4 Å². The van der Waals surface area contributed by atoms with Crippen LogP contribution in [-0.4, -0.2) is 29.1 Å². The van der Waals surface area contributed by atoms with E-state index < -0.39 is 0 Å². The molecule has 4 nitrogen and oxygen atoms in total. The van der Waals surface area contributed by atoms with Crippen molar-refractivity contribution in [1.29, 1.82) is 0 Å². The molecule has 0 bridgehead atoms. The van der Waals surface area contributed by atoms with Crippen molar-refractivity contribution in [3.05, 3.63) is 32.3 Å². The molecule has 0 radical (unpaired) electrons. The summed E-state index contributed by atoms with van der Waals surface area (Å²) in [6, 6.07) is 4.06. The number of halogens is 2. The fourth-order valence-corrected chi connectivity index (χ4v) is 4.03. The molecule has 0 spiro atoms. The molecule has 21 heavy (non-hydrogen) atoms. The van der Waals surface area contributed by atoms with Gasteiger partial charge in [-0.3, -0.25) is 9.69 Å². The van der Waals surface area contributed by atoms with Crippen LogP contribution in [0.4, 0.5) is 0 Å². The number of carbonyl (C=O) groups is 1. The lowest BCUT2D eigenvalue weighted by atomic mass is 10.1. The highest BCUT2D eigenvalue weighted by molar-refractivity contribution is 9.11. The van der Waals surface area contributed by atoms with Gasteiger partial charge in [0, 0.05) is 16.1 Å². The van der Waals surface area contributed by atoms with Crippen molar-refractivity contribution in [2.75, 3.05) is 7.11 Å². The highest BCUT2D eigenvalue weighted by Crippen LogP contribution is 2.35. The predicted molar refractivity (Wildman–Crippen MR) is 92.0 cm³/mol. The maximum absolute atomic E-state index is 12.4. The third-order valence-electron chi connectivity index (χ3n) is 3.36. The van der Waals surface area contributed by atoms with Gasteiger partial charge in [0.15, 0.2) is 5.11 Å². The lowest BCUT2D eigenvalue weighted by Crippen LogP contribution is -2.32. The summed E-state index contributed by atoms with van der Waals surface area (Å²) in [6.45, 7) is 0. The van der Waals surface area contributed by atoms with Gasteiger partial charge < -0.3 is 10.1 Å². The Labute approximate surface area is 144 Å². The fraction of sp³-hybridized carbons (Fsp3) is 0.286. The minimum atomic E-state index is -0.0688. The second-order valence-electron chi connectivity index (χ2n) is 4.90. The van der Waals surface area contributed by atoms with E-state index >= 15 is 0 Å². The summed E-state index contributed by atoms with van der Waals surface area (Å²) < 4.78 is 7.11. The van der Waals surface area contributed by atoms with Crippen LogP contribution in [0.25, 0.3) is 6.08 Å². The summed E-state index contributed by atoms with van der Waals surface area (Å²) in [7, 11) is 1.60. The normalized spacial score (nSPS) is 20.1. The molecule has 1 heterocycles. The maximum Gasteiger partial charge on any atom is 0.276 e. The van der Waals surface area contributed by atoms with Gasteiger partial charge in [-0.2, -0.15) is 0 Å². The van der Waals surface area contributed by atoms with E-state index in [1.165, 1.54) is 0 Å². The minimum absolute atomic E-state index is 0.0688. The molecule has 110 valence electrons. The molecule has 1 aliphatic carbocycles. The van der Waals surface area contributed by atoms with Gasteiger partial charge in [0.2, 0.25) is 0 Å². The van der Waals surface area contributed by atoms with Gasteiger partial charge in [-0.05, 0) is 59.2 Å². The highest BCUT2D eigenvalue weighted by atomic mass is 79.9. The van der Waals surface area contributed by atoms with Crippen LogP contribution in [0, 0.1) is 0 Å². The topological polar surface area (TPSA) is 41.6 Å². The molecular formula is C14H12Br2N2O2S. The zero-order valence-electron chi connectivity index (χ0n) is 11.2. The van der Waals surface area contributed by atoms with Crippen LogP contribution in [-0.2, 0) is 4.79 Å². The van der Waals surface area contributed by atoms with E-state index in [9.17, 15) is 4.79 Å². The second kappa shape index (κ2) is 5.70. The minimum Gasteiger partial charge on any atom is -0.495 e. The molecule has 3 rings (SSSR count). The van der Waals surface area contributed by atoms with Crippen LogP contribution in [0.2, 0.25) is 0 Å². The van der Waals surface area contributed by atoms with E-state index in [0.717, 1.165) is 27.4 Å². The fourth-order valence-electron chi connectivity index (χ4n) is 2.27. The number of methoxy groups -OCH3 is 1. The van der Waals surface area contributed by atoms with Gasteiger partial charge in [0.05, 0.1) is 11.6 Å². The van der Waals surface area contributed by atoms with E-state index in [2.05, 4.69) is 37.2 Å². The summed E-state index contributed by atoms with van der Waals surface area (Å²) in [5.74, 6) is 0.608. The van der Waals surface area contributed by atoms with Gasteiger partial charge in [-0.15, -0.1) is 0 Å². The number of hydrogen-bond donors (Lipinski definition) is 1. The van der Waals surface area contributed by atoms with E-state index in [-0.39, 0.29) is 11.9 Å². The molecule has 1 aromatic carbocycles. The molecule has 0 atom stereocenters. The lowest BCUT2D eigenvalue weighted by Gasteiger charge is -2.11. The monoisotopic (exact) mass is 430 g/mol. The standard InChI is InChI=1S/C14H12Br2N2O2S/c1-20-12-7(4-8(15)6-10(12)16)5-11-13(19)18(9-2-3-9)14(21)17-11/h4-6,9H,2-3H2,1H3,(H,17,21). The zero-order valence-corrected chi connectivity index (χ0v) is 15.1. The Morgan fingerprint density at radius 1 is 1.43 bits per heavy atom. The Hall–Kier alpha value is -0.920. The number of hydrogen-bond acceptors (Lipinski definition) is 3. The van der Waals surface area contributed by atoms with Crippen LogP contribution in [0.15, 0.2) is 26.8 Å². The Morgan fingerprint density at radius 2 is 2.14 bits per heavy atom. The molecule has 1 aliphatic heterocycles. The van der Waals surface area contributed by atoms with E-state index in [1.54, 1.807) is 18.1 Å². The number of nitrogens with zero attached hydrogens (tertiary/aromatic N) is 1. The number of thiocarbonyl (C=S) groups is 1. The zero-order chi connectivity index (χ0) is 15.1. The molecule has 1 N–H and O–H groups in total. The Balaban J connectivity index is 1.99. The Kier molecular flexibility index (Phi) is 4.07. The number of benzene rings is 1. The van der Waals surface area contributed by atoms with Crippen LogP contribution < -0.4 is 10.1 Å². The molecule has 1 saturated carbocycles. The largest absolute Gasteiger partial charge is 0.495 e. The lowest BCUT2D eigenvalue weighted by molar-refractivity contribution is -0.122. The van der Waals surface area contributed by atoms with Crippen molar-refractivity contribution in [2.24, 2.45) is 0 Å². The number of carbonyl (C=O) groups excluding carboxylic acids is 1. The number of nitrogens with one attached hydrogen (secondary N) is 1. The SMILES string of the molecule is COc1c(Br)cc(Br)cc1C=C1NC(=S)N(C2CC2)C1=O. The van der Waals surface area contributed by atoms with Crippen LogP contribution >= 0.6 is 44.1 Å². The van der Waals surface area contributed by atoms with Crippen molar-refractivity contribution in [2.45, 2.75) is 18.9 Å². The number of rotatable bonds is 3. The maximum atomic E-state index is 12.4. The highest BCUT2D eigenvalue weighted by Gasteiger charge is 2.41. The van der Waals surface area contributed by atoms with Crippen LogP contribution in [0.5, 0.6) is 5.75 Å². The van der Waals surface area contributed by atoms with Gasteiger partial charge in [-0.1, -0.05) is 15.9 Å². The van der Waals surface area contributed by atoms with Crippen molar-refractivity contribution in [3.8, 4) is 5.75 Å². The first-order valence-corrected chi connectivity index (χ1v) is 8.40. The molecule has 7 heteroatoms. The van der Waals surface area contributed by atoms with Crippen molar-refractivity contribution >= 4 is 61.2 Å². The molecule has 1 amide bonds. The molecular weight excluding hydrogens is 420 g/mol. The first-order valence-electron chi connectivity index (χ1n) is 6.40. The van der Waals surface area contributed by atoms with Crippen LogP contribution in [0.3, 0.4) is 0 Å². The van der Waals surface area contributed by atoms with E-state index in [1.807, 2.05) is 12.1 Å². The molecule has 1 aromatic rings. The summed E-state index contributed by atoms with van der Waals surface area (Å²) in [5.41, 5.74) is 1.28. The average molecular weight is 432 g/mol. The van der Waals surface area contributed by atoms with Crippen LogP contribution in [0.1, 0.15) is 18.4 Å². The first kappa shape index (κ1) is 15.0. The van der Waals surface area contributed by atoms with Gasteiger partial charge in [-0.25, -0.2) is 0 Å². The van der Waals surface area contributed by atoms with Gasteiger partial charge in [0.25, 0.3) is 5.91 Å². The van der Waals surface area contributed by atoms with Crippen molar-refractivity contribution in [1.82, 2.24) is 10.2 Å². The summed E-state index contributed by atoms with van der Waals surface area (Å²) >= 11 is 12.1. The summed E-state index contributed by atoms with van der Waals surface area (Å²) in [4.78, 5) is 14.1. The summed E-state index contributed by atoms with van der Waals surface area (Å²) in [5, 5.41) is 3.48. The summed E-state index contributed by atoms with van der Waals surface area (Å²) in [6.07, 6.45) is 3.81. The predicted octanol–water partition coefficient (Wildman–Crippen LogP) is 3.44. The first-order chi connectivity index (χ1) is 10.0. The van der Waals surface area contributed by atoms with E-state index in [4.69, 9.17) is 17.0 Å². The van der Waals surface area contributed by atoms with E-state index in [0.29, 0.717) is 16.6 Å². The second-order valence-corrected chi connectivity index (χ2v) is 7.06. The molecule has 2 fully saturated rings. The third-order valence-corrected chi connectivity index (χ3v) is 4.71. The number of amides is 1. The average Bonchev–Trinajstić information content (AvgIpc) is 3.18. The number of ether oxygens (including phenoxy) is 1. The Bertz CT molecular complexity index is 671. The molecule has 2 aliphatic rings. The smallest absolute Gasteiger partial charge is 0.276 e.